The first-order valence-corrected chi connectivity index (χ1v) is 9.13. The number of carbonyl (C=O) groups is 4. The van der Waals surface area contributed by atoms with Crippen LogP contribution in [0.2, 0.25) is 0 Å². The first kappa shape index (κ1) is 20.1. The molecule has 0 saturated carbocycles. The summed E-state index contributed by atoms with van der Waals surface area (Å²) in [5.74, 6) is -3.23. The molecule has 8 nitrogen and oxygen atoms in total. The van der Waals surface area contributed by atoms with Gasteiger partial charge in [0.2, 0.25) is 5.91 Å². The van der Waals surface area contributed by atoms with Gasteiger partial charge in [-0.3, -0.25) is 14.4 Å². The third-order valence-corrected chi connectivity index (χ3v) is 6.20. The lowest BCUT2D eigenvalue weighted by Crippen LogP contribution is -2.43. The summed E-state index contributed by atoms with van der Waals surface area (Å²) in [5, 5.41) is 19.9. The van der Waals surface area contributed by atoms with Gasteiger partial charge in [-0.05, 0) is 12.2 Å². The smallest absolute Gasteiger partial charge is 0.327 e. The molecule has 0 aliphatic carbocycles. The van der Waals surface area contributed by atoms with Gasteiger partial charge < -0.3 is 20.3 Å². The summed E-state index contributed by atoms with van der Waals surface area (Å²) in [6.07, 6.45) is 1.85. The Hall–Kier alpha value is -1.94. The number of amides is 2. The standard InChI is InChI=1S/C12H18N2O6S2/c1-3-9(15)13-8(12(19)20)7-22(14-10(16)4-2)21-6-5-11(17)18/h3-4,8,22H,1-2,5-7H2,(H,13,15)(H,14,16)(H,17,18)(H,19,20). The van der Waals surface area contributed by atoms with Crippen molar-refractivity contribution in [3.05, 3.63) is 25.3 Å². The highest BCUT2D eigenvalue weighted by Crippen LogP contribution is 2.37. The molecule has 0 aromatic carbocycles. The summed E-state index contributed by atoms with van der Waals surface area (Å²) in [5.41, 5.74) is 0. The molecule has 2 amide bonds. The van der Waals surface area contributed by atoms with Crippen molar-refractivity contribution >= 4 is 44.7 Å². The lowest BCUT2D eigenvalue weighted by molar-refractivity contribution is -0.140. The molecule has 0 spiro atoms. The number of carboxylic acids is 2. The fraction of sp³-hybridized carbons (Fsp3) is 0.333. The van der Waals surface area contributed by atoms with E-state index in [1.165, 1.54) is 0 Å². The second kappa shape index (κ2) is 10.7. The second-order valence-corrected chi connectivity index (χ2v) is 7.93. The van der Waals surface area contributed by atoms with E-state index >= 15 is 0 Å². The fourth-order valence-corrected chi connectivity index (χ4v) is 4.95. The molecule has 0 aromatic heterocycles. The molecule has 0 heterocycles. The number of thiol groups is 1. The maximum absolute atomic E-state index is 11.4. The highest BCUT2D eigenvalue weighted by molar-refractivity contribution is 8.84. The minimum Gasteiger partial charge on any atom is -0.481 e. The Kier molecular flexibility index (Phi) is 9.79. The molecule has 4 N–H and O–H groups in total. The van der Waals surface area contributed by atoms with E-state index in [0.29, 0.717) is 0 Å². The quantitative estimate of drug-likeness (QED) is 0.202. The normalized spacial score (nSPS) is 13.4. The van der Waals surface area contributed by atoms with Crippen molar-refractivity contribution in [2.75, 3.05) is 11.5 Å². The predicted octanol–water partition coefficient (Wildman–Crippen LogP) is 0.0831. The van der Waals surface area contributed by atoms with Crippen LogP contribution in [0.5, 0.6) is 0 Å². The molecule has 0 radical (unpaired) electrons. The van der Waals surface area contributed by atoms with Crippen molar-refractivity contribution in [2.24, 2.45) is 0 Å². The fourth-order valence-electron chi connectivity index (χ4n) is 1.12. The van der Waals surface area contributed by atoms with Gasteiger partial charge in [-0.15, -0.1) is 10.1 Å². The maximum atomic E-state index is 11.4. The summed E-state index contributed by atoms with van der Waals surface area (Å²) in [7, 11) is -0.254. The molecule has 2 unspecified atom stereocenters. The zero-order chi connectivity index (χ0) is 17.1. The van der Waals surface area contributed by atoms with E-state index in [1.807, 2.05) is 0 Å². The number of hydrogen-bond donors (Lipinski definition) is 5. The third kappa shape index (κ3) is 9.08. The van der Waals surface area contributed by atoms with Crippen LogP contribution in [-0.4, -0.2) is 51.5 Å². The average Bonchev–Trinajstić information content (AvgIpc) is 2.45. The number of rotatable bonds is 11. The van der Waals surface area contributed by atoms with E-state index in [1.54, 1.807) is 0 Å². The third-order valence-electron chi connectivity index (χ3n) is 2.13. The zero-order valence-corrected chi connectivity index (χ0v) is 13.4. The molecule has 124 valence electrons. The number of hydrogen-bond acceptors (Lipinski definition) is 5. The molecular formula is C12H18N2O6S2. The van der Waals surface area contributed by atoms with Gasteiger partial charge in [0.05, 0.1) is 6.42 Å². The van der Waals surface area contributed by atoms with Gasteiger partial charge in [0, 0.05) is 11.5 Å². The van der Waals surface area contributed by atoms with E-state index < -0.39 is 39.9 Å². The maximum Gasteiger partial charge on any atom is 0.327 e. The topological polar surface area (TPSA) is 133 Å². The van der Waals surface area contributed by atoms with Crippen molar-refractivity contribution in [1.82, 2.24) is 10.0 Å². The van der Waals surface area contributed by atoms with Crippen molar-refractivity contribution in [2.45, 2.75) is 12.5 Å². The first-order valence-electron chi connectivity index (χ1n) is 6.01. The first-order chi connectivity index (χ1) is 10.3. The van der Waals surface area contributed by atoms with E-state index in [2.05, 4.69) is 23.2 Å². The van der Waals surface area contributed by atoms with E-state index in [4.69, 9.17) is 10.2 Å². The molecule has 2 atom stereocenters. The zero-order valence-electron chi connectivity index (χ0n) is 11.7. The van der Waals surface area contributed by atoms with Crippen molar-refractivity contribution in [3.8, 4) is 0 Å². The largest absolute Gasteiger partial charge is 0.481 e. The minimum absolute atomic E-state index is 0.0475. The second-order valence-electron chi connectivity index (χ2n) is 3.82. The highest BCUT2D eigenvalue weighted by atomic mass is 33.1. The summed E-state index contributed by atoms with van der Waals surface area (Å²) in [6.45, 7) is 6.52. The molecular weight excluding hydrogens is 332 g/mol. The summed E-state index contributed by atoms with van der Waals surface area (Å²) in [4.78, 5) is 44.2. The Balaban J connectivity index is 4.79. The van der Waals surface area contributed by atoms with Crippen LogP contribution >= 0.6 is 20.9 Å². The van der Waals surface area contributed by atoms with Crippen LogP contribution in [0, 0.1) is 0 Å². The van der Waals surface area contributed by atoms with Gasteiger partial charge in [0.25, 0.3) is 5.91 Å². The SMILES string of the molecule is C=CC(=O)NC(C[SH](NC(=O)C=C)SCCC(=O)O)C(=O)O. The number of aliphatic carboxylic acids is 2. The average molecular weight is 350 g/mol. The van der Waals surface area contributed by atoms with Crippen LogP contribution in [-0.2, 0) is 19.2 Å². The molecule has 0 aliphatic rings. The summed E-state index contributed by atoms with van der Waals surface area (Å²) in [6, 6.07) is -1.21. The van der Waals surface area contributed by atoms with Gasteiger partial charge >= 0.3 is 11.9 Å². The Morgan fingerprint density at radius 1 is 1.14 bits per heavy atom. The molecule has 0 aromatic rings. The van der Waals surface area contributed by atoms with E-state index in [9.17, 15) is 19.2 Å². The predicted molar refractivity (Wildman–Crippen MR) is 86.7 cm³/mol. The Morgan fingerprint density at radius 2 is 1.73 bits per heavy atom. The Morgan fingerprint density at radius 3 is 2.18 bits per heavy atom. The van der Waals surface area contributed by atoms with Crippen molar-refractivity contribution < 1.29 is 29.4 Å². The molecule has 0 fully saturated rings. The molecule has 0 saturated heterocycles. The number of carbonyl (C=O) groups excluding carboxylic acids is 2. The van der Waals surface area contributed by atoms with E-state index in [-0.39, 0.29) is 17.9 Å². The van der Waals surface area contributed by atoms with Gasteiger partial charge in [0.1, 0.15) is 6.04 Å². The van der Waals surface area contributed by atoms with Gasteiger partial charge in [-0.2, -0.15) is 0 Å². The molecule has 0 bridgehead atoms. The van der Waals surface area contributed by atoms with Gasteiger partial charge in [-0.25, -0.2) is 4.79 Å². The monoisotopic (exact) mass is 350 g/mol. The number of nitrogens with one attached hydrogen (secondary N) is 2. The Labute approximate surface area is 133 Å². The number of carboxylic acid groups (broad SMARTS) is 2. The van der Waals surface area contributed by atoms with E-state index in [0.717, 1.165) is 22.9 Å². The van der Waals surface area contributed by atoms with Crippen molar-refractivity contribution in [1.29, 1.82) is 0 Å². The van der Waals surface area contributed by atoms with Crippen LogP contribution in [0.1, 0.15) is 6.42 Å². The summed E-state index contributed by atoms with van der Waals surface area (Å²) < 4.78 is 2.55. The molecule has 22 heavy (non-hydrogen) atoms. The lowest BCUT2D eigenvalue weighted by Gasteiger charge is -2.25. The van der Waals surface area contributed by atoms with Crippen LogP contribution in [0.15, 0.2) is 25.3 Å². The van der Waals surface area contributed by atoms with Crippen molar-refractivity contribution in [3.63, 3.8) is 0 Å². The molecule has 10 heteroatoms. The Bertz CT molecular complexity index is 469. The summed E-state index contributed by atoms with van der Waals surface area (Å²) >= 11 is 0. The molecule has 0 rings (SSSR count). The minimum atomic E-state index is -1.39. The van der Waals surface area contributed by atoms with Crippen LogP contribution in [0.25, 0.3) is 0 Å². The van der Waals surface area contributed by atoms with Gasteiger partial charge in [-0.1, -0.05) is 24.0 Å². The highest BCUT2D eigenvalue weighted by Gasteiger charge is 2.23. The van der Waals surface area contributed by atoms with Crippen LogP contribution < -0.4 is 10.0 Å². The van der Waals surface area contributed by atoms with Crippen LogP contribution in [0.3, 0.4) is 0 Å². The van der Waals surface area contributed by atoms with Crippen LogP contribution in [0.4, 0.5) is 0 Å². The van der Waals surface area contributed by atoms with Gasteiger partial charge in [0.15, 0.2) is 0 Å². The molecule has 0 aliphatic heterocycles. The lowest BCUT2D eigenvalue weighted by atomic mass is 10.3.